The van der Waals surface area contributed by atoms with Crippen molar-refractivity contribution >= 4 is 33.0 Å². The lowest BCUT2D eigenvalue weighted by molar-refractivity contribution is -0.387. The number of nitro groups is 1. The van der Waals surface area contributed by atoms with E-state index in [4.69, 9.17) is 0 Å². The van der Waals surface area contributed by atoms with Crippen LogP contribution >= 0.6 is 0 Å². The molecule has 1 amide bonds. The SMILES string of the molecule is CCN(c1ccccc1)S(=O)(=O)c1ccc(C(=O)Nc2ccc(F)c([N+](=O)[O-])c2)cc1. The molecule has 3 aromatic rings. The smallest absolute Gasteiger partial charge is 0.306 e. The second-order valence-corrected chi connectivity index (χ2v) is 8.27. The highest BCUT2D eigenvalue weighted by Gasteiger charge is 2.24. The number of rotatable bonds is 7. The molecular weight excluding hydrogens is 425 g/mol. The molecule has 3 aromatic carbocycles. The van der Waals surface area contributed by atoms with Crippen molar-refractivity contribution in [3.63, 3.8) is 0 Å². The predicted octanol–water partition coefficient (Wildman–Crippen LogP) is 4.20. The van der Waals surface area contributed by atoms with Gasteiger partial charge in [0.1, 0.15) is 0 Å². The van der Waals surface area contributed by atoms with Gasteiger partial charge in [-0.05, 0) is 55.5 Å². The van der Waals surface area contributed by atoms with Crippen LogP contribution in [0.1, 0.15) is 17.3 Å². The van der Waals surface area contributed by atoms with E-state index in [1.54, 1.807) is 37.3 Å². The number of carbonyl (C=O) groups is 1. The summed E-state index contributed by atoms with van der Waals surface area (Å²) in [5.74, 6) is -1.64. The van der Waals surface area contributed by atoms with Gasteiger partial charge in [0.15, 0.2) is 0 Å². The highest BCUT2D eigenvalue weighted by atomic mass is 32.2. The van der Waals surface area contributed by atoms with Crippen molar-refractivity contribution in [2.45, 2.75) is 11.8 Å². The molecule has 3 rings (SSSR count). The number of nitrogens with one attached hydrogen (secondary N) is 1. The van der Waals surface area contributed by atoms with Gasteiger partial charge in [0, 0.05) is 23.9 Å². The summed E-state index contributed by atoms with van der Waals surface area (Å²) in [6.45, 7) is 1.94. The summed E-state index contributed by atoms with van der Waals surface area (Å²) in [5, 5.41) is 13.3. The first-order valence-electron chi connectivity index (χ1n) is 9.17. The first kappa shape index (κ1) is 21.9. The summed E-state index contributed by atoms with van der Waals surface area (Å²) < 4.78 is 40.7. The second kappa shape index (κ2) is 8.92. The Bertz CT molecular complexity index is 1220. The van der Waals surface area contributed by atoms with Gasteiger partial charge >= 0.3 is 5.69 Å². The van der Waals surface area contributed by atoms with Crippen molar-refractivity contribution in [1.29, 1.82) is 0 Å². The van der Waals surface area contributed by atoms with Gasteiger partial charge in [0.25, 0.3) is 15.9 Å². The molecule has 10 heteroatoms. The van der Waals surface area contributed by atoms with Crippen LogP contribution in [0.5, 0.6) is 0 Å². The second-order valence-electron chi connectivity index (χ2n) is 6.41. The fourth-order valence-corrected chi connectivity index (χ4v) is 4.40. The number of nitro benzene ring substituents is 1. The largest absolute Gasteiger partial charge is 0.322 e. The van der Waals surface area contributed by atoms with Crippen molar-refractivity contribution < 1.29 is 22.5 Å². The van der Waals surface area contributed by atoms with Crippen LogP contribution in [0.2, 0.25) is 0 Å². The number of hydrogen-bond acceptors (Lipinski definition) is 5. The van der Waals surface area contributed by atoms with Crippen molar-refractivity contribution in [3.8, 4) is 0 Å². The molecule has 1 N–H and O–H groups in total. The van der Waals surface area contributed by atoms with E-state index in [-0.39, 0.29) is 22.7 Å². The number of sulfonamides is 1. The molecule has 0 aromatic heterocycles. The third-order valence-corrected chi connectivity index (χ3v) is 6.35. The van der Waals surface area contributed by atoms with Gasteiger partial charge in [0.05, 0.1) is 15.5 Å². The quantitative estimate of drug-likeness (QED) is 0.435. The first-order chi connectivity index (χ1) is 14.7. The van der Waals surface area contributed by atoms with Gasteiger partial charge in [0.2, 0.25) is 5.82 Å². The highest BCUT2D eigenvalue weighted by Crippen LogP contribution is 2.25. The van der Waals surface area contributed by atoms with Gasteiger partial charge in [-0.25, -0.2) is 8.42 Å². The maximum absolute atomic E-state index is 13.4. The zero-order valence-electron chi connectivity index (χ0n) is 16.4. The molecule has 0 aliphatic heterocycles. The number of benzene rings is 3. The van der Waals surface area contributed by atoms with Crippen LogP contribution in [0.4, 0.5) is 21.5 Å². The number of amides is 1. The molecule has 0 saturated heterocycles. The molecule has 8 nitrogen and oxygen atoms in total. The number of hydrogen-bond donors (Lipinski definition) is 1. The van der Waals surface area contributed by atoms with E-state index >= 15 is 0 Å². The zero-order valence-corrected chi connectivity index (χ0v) is 17.2. The van der Waals surface area contributed by atoms with E-state index in [0.717, 1.165) is 12.1 Å². The minimum absolute atomic E-state index is 0.00664. The van der Waals surface area contributed by atoms with E-state index in [9.17, 15) is 27.7 Å². The van der Waals surface area contributed by atoms with Crippen molar-refractivity contribution in [3.05, 3.63) is 94.3 Å². The Morgan fingerprint density at radius 1 is 1.06 bits per heavy atom. The Morgan fingerprint density at radius 3 is 2.29 bits per heavy atom. The van der Waals surface area contributed by atoms with Crippen molar-refractivity contribution in [1.82, 2.24) is 0 Å². The topological polar surface area (TPSA) is 110 Å². The highest BCUT2D eigenvalue weighted by molar-refractivity contribution is 7.92. The van der Waals surface area contributed by atoms with Crippen LogP contribution in [0.3, 0.4) is 0 Å². The first-order valence-corrected chi connectivity index (χ1v) is 10.6. The molecule has 160 valence electrons. The standard InChI is InChI=1S/C21H18FN3O5S/c1-2-24(17-6-4-3-5-7-17)31(29,30)18-11-8-15(9-12-18)21(26)23-16-10-13-19(22)20(14-16)25(27)28/h3-14H,2H2,1H3,(H,23,26). The van der Waals surface area contributed by atoms with E-state index < -0.39 is 32.4 Å². The van der Waals surface area contributed by atoms with Crippen molar-refractivity contribution in [2.24, 2.45) is 0 Å². The zero-order chi connectivity index (χ0) is 22.6. The van der Waals surface area contributed by atoms with Crippen LogP contribution in [0, 0.1) is 15.9 Å². The number of carbonyl (C=O) groups excluding carboxylic acids is 1. The molecule has 0 atom stereocenters. The Balaban J connectivity index is 1.82. The Hall–Kier alpha value is -3.79. The van der Waals surface area contributed by atoms with Crippen molar-refractivity contribution in [2.75, 3.05) is 16.2 Å². The molecule has 0 saturated carbocycles. The monoisotopic (exact) mass is 443 g/mol. The molecule has 0 aliphatic carbocycles. The predicted molar refractivity (Wildman–Crippen MR) is 114 cm³/mol. The molecule has 0 spiro atoms. The third-order valence-electron chi connectivity index (χ3n) is 4.44. The third kappa shape index (κ3) is 4.69. The molecular formula is C21H18FN3O5S. The van der Waals surface area contributed by atoms with E-state index in [2.05, 4.69) is 5.32 Å². The van der Waals surface area contributed by atoms with Crippen LogP contribution in [0.15, 0.2) is 77.7 Å². The minimum atomic E-state index is -3.84. The van der Waals surface area contributed by atoms with Crippen LogP contribution in [-0.2, 0) is 10.0 Å². The number of halogens is 1. The van der Waals surface area contributed by atoms with E-state index in [1.165, 1.54) is 34.6 Å². The minimum Gasteiger partial charge on any atom is -0.322 e. The average molecular weight is 443 g/mol. The number of nitrogens with zero attached hydrogens (tertiary/aromatic N) is 2. The normalized spacial score (nSPS) is 11.0. The molecule has 0 aliphatic rings. The van der Waals surface area contributed by atoms with Crippen LogP contribution in [-0.4, -0.2) is 25.8 Å². The van der Waals surface area contributed by atoms with Gasteiger partial charge in [-0.3, -0.25) is 19.2 Å². The summed E-state index contributed by atoms with van der Waals surface area (Å²) in [5.41, 5.74) is -0.0748. The number of para-hydroxylation sites is 1. The molecule has 0 radical (unpaired) electrons. The van der Waals surface area contributed by atoms with Gasteiger partial charge in [-0.15, -0.1) is 0 Å². The fraction of sp³-hybridized carbons (Fsp3) is 0.0952. The molecule has 0 fully saturated rings. The molecule has 0 bridgehead atoms. The number of anilines is 2. The van der Waals surface area contributed by atoms with Gasteiger partial charge < -0.3 is 5.32 Å². The molecule has 31 heavy (non-hydrogen) atoms. The lowest BCUT2D eigenvalue weighted by atomic mass is 10.2. The Labute approximate surface area is 178 Å². The summed E-state index contributed by atoms with van der Waals surface area (Å²) in [4.78, 5) is 22.4. The lowest BCUT2D eigenvalue weighted by Crippen LogP contribution is -2.30. The maximum atomic E-state index is 13.4. The Kier molecular flexibility index (Phi) is 6.30. The maximum Gasteiger partial charge on any atom is 0.306 e. The fourth-order valence-electron chi connectivity index (χ4n) is 2.92. The molecule has 0 unspecified atom stereocenters. The van der Waals surface area contributed by atoms with Gasteiger partial charge in [-0.2, -0.15) is 4.39 Å². The summed E-state index contributed by atoms with van der Waals surface area (Å²) >= 11 is 0. The van der Waals surface area contributed by atoms with E-state index in [1.807, 2.05) is 0 Å². The summed E-state index contributed by atoms with van der Waals surface area (Å²) in [7, 11) is -3.84. The lowest BCUT2D eigenvalue weighted by Gasteiger charge is -2.23. The van der Waals surface area contributed by atoms with Gasteiger partial charge in [-0.1, -0.05) is 18.2 Å². The summed E-state index contributed by atoms with van der Waals surface area (Å²) in [6, 6.07) is 16.9. The summed E-state index contributed by atoms with van der Waals surface area (Å²) in [6.07, 6.45) is 0. The van der Waals surface area contributed by atoms with Crippen LogP contribution < -0.4 is 9.62 Å². The Morgan fingerprint density at radius 2 is 1.71 bits per heavy atom. The van der Waals surface area contributed by atoms with E-state index in [0.29, 0.717) is 5.69 Å². The average Bonchev–Trinajstić information content (AvgIpc) is 2.76. The van der Waals surface area contributed by atoms with Crippen LogP contribution in [0.25, 0.3) is 0 Å². The molecule has 0 heterocycles.